The van der Waals surface area contributed by atoms with Crippen LogP contribution in [0, 0.1) is 6.67 Å². The van der Waals surface area contributed by atoms with E-state index in [0.29, 0.717) is 16.9 Å². The molecule has 0 atom stereocenters. The number of rotatable bonds is 2. The summed E-state index contributed by atoms with van der Waals surface area (Å²) in [6.45, 7) is 3.70. The molecule has 0 spiro atoms. The largest absolute Gasteiger partial charge is 1.00 e. The summed E-state index contributed by atoms with van der Waals surface area (Å²) in [5, 5.41) is 11.0. The normalized spacial score (nSPS) is 13.5. The fourth-order valence-corrected chi connectivity index (χ4v) is 2.61. The van der Waals surface area contributed by atoms with E-state index in [4.69, 9.17) is 33.1 Å². The maximum atomic E-state index is 9.00. The van der Waals surface area contributed by atoms with E-state index in [-0.39, 0.29) is 22.4 Å². The maximum Gasteiger partial charge on any atom is 1.00 e. The van der Waals surface area contributed by atoms with Gasteiger partial charge < -0.3 is 14.9 Å². The van der Waals surface area contributed by atoms with Crippen molar-refractivity contribution in [3.05, 3.63) is 65.0 Å². The van der Waals surface area contributed by atoms with E-state index in [1.54, 1.807) is 0 Å². The van der Waals surface area contributed by atoms with Crippen molar-refractivity contribution in [3.63, 3.8) is 0 Å². The van der Waals surface area contributed by atoms with Crippen molar-refractivity contribution in [2.24, 2.45) is 0 Å². The summed E-state index contributed by atoms with van der Waals surface area (Å²) in [5.74, 6) is -0.833. The van der Waals surface area contributed by atoms with Gasteiger partial charge in [0.15, 0.2) is 0 Å². The van der Waals surface area contributed by atoms with Crippen LogP contribution in [-0.4, -0.2) is 27.9 Å². The molecule has 0 amide bonds. The van der Waals surface area contributed by atoms with Crippen molar-refractivity contribution in [2.75, 3.05) is 7.05 Å². The van der Waals surface area contributed by atoms with Crippen LogP contribution in [0.25, 0.3) is 10.8 Å². The standard InChI is InChI=1S/C15H13Cl2N2.C2H4O2.Ag/c1-18-10-19(15(17)14(18)16)9-11-6-7-12-4-2-3-5-13(12)8-11;1-2(3)4;/h2-8,10H,9H2,1H3;1H3,(H,3,4);/q-1;;+1. The van der Waals surface area contributed by atoms with Gasteiger partial charge in [-0.25, -0.2) is 0 Å². The molecule has 2 aromatic rings. The first kappa shape index (κ1) is 20.9. The third-order valence-corrected chi connectivity index (χ3v) is 4.15. The van der Waals surface area contributed by atoms with E-state index < -0.39 is 5.97 Å². The fourth-order valence-electron chi connectivity index (χ4n) is 2.22. The van der Waals surface area contributed by atoms with E-state index in [9.17, 15) is 0 Å². The number of carboxylic acids is 1. The van der Waals surface area contributed by atoms with Gasteiger partial charge in [-0.15, -0.1) is 0 Å². The van der Waals surface area contributed by atoms with Crippen LogP contribution in [0.3, 0.4) is 0 Å². The summed E-state index contributed by atoms with van der Waals surface area (Å²) in [4.78, 5) is 12.7. The number of carbonyl (C=O) groups is 1. The summed E-state index contributed by atoms with van der Waals surface area (Å²) in [6, 6.07) is 14.7. The van der Waals surface area contributed by atoms with E-state index in [1.165, 1.54) is 16.3 Å². The van der Waals surface area contributed by atoms with Crippen molar-refractivity contribution < 1.29 is 32.3 Å². The Hall–Kier alpha value is -1.17. The molecule has 24 heavy (non-hydrogen) atoms. The first-order chi connectivity index (χ1) is 10.9. The molecule has 1 aliphatic heterocycles. The van der Waals surface area contributed by atoms with Gasteiger partial charge in [-0.1, -0.05) is 59.6 Å². The van der Waals surface area contributed by atoms with Gasteiger partial charge in [0.25, 0.3) is 5.97 Å². The van der Waals surface area contributed by atoms with Gasteiger partial charge in [0.1, 0.15) is 10.3 Å². The first-order valence-corrected chi connectivity index (χ1v) is 7.71. The minimum atomic E-state index is -0.833. The zero-order valence-corrected chi connectivity index (χ0v) is 16.1. The van der Waals surface area contributed by atoms with Gasteiger partial charge in [-0.2, -0.15) is 6.67 Å². The Labute approximate surface area is 167 Å². The van der Waals surface area contributed by atoms with Gasteiger partial charge >= 0.3 is 22.4 Å². The number of hydrogen-bond acceptors (Lipinski definition) is 3. The Balaban J connectivity index is 0.000000522. The molecule has 7 heteroatoms. The van der Waals surface area contributed by atoms with Crippen molar-refractivity contribution in [3.8, 4) is 0 Å². The average molecular weight is 460 g/mol. The molecule has 0 unspecified atom stereocenters. The van der Waals surface area contributed by atoms with Crippen LogP contribution in [0.5, 0.6) is 0 Å². The number of hydrogen-bond donors (Lipinski definition) is 1. The molecule has 0 aliphatic carbocycles. The predicted octanol–water partition coefficient (Wildman–Crippen LogP) is 4.40. The van der Waals surface area contributed by atoms with Gasteiger partial charge in [0, 0.05) is 13.5 Å². The molecule has 1 aliphatic rings. The number of carboxylic acid groups (broad SMARTS) is 1. The topological polar surface area (TPSA) is 43.8 Å². The van der Waals surface area contributed by atoms with E-state index in [1.807, 2.05) is 35.6 Å². The molecular weight excluding hydrogens is 443 g/mol. The van der Waals surface area contributed by atoms with Crippen LogP contribution >= 0.6 is 23.2 Å². The smallest absolute Gasteiger partial charge is 0.494 e. The number of aliphatic carboxylic acids is 1. The molecule has 0 saturated carbocycles. The van der Waals surface area contributed by atoms with E-state index in [2.05, 4.69) is 30.3 Å². The van der Waals surface area contributed by atoms with Crippen LogP contribution in [0.15, 0.2) is 52.8 Å². The van der Waals surface area contributed by atoms with Crippen molar-refractivity contribution in [2.45, 2.75) is 13.5 Å². The average Bonchev–Trinajstić information content (AvgIpc) is 2.74. The molecule has 0 bridgehead atoms. The summed E-state index contributed by atoms with van der Waals surface area (Å²) in [6.07, 6.45) is 0. The molecule has 1 N–H and O–H groups in total. The van der Waals surface area contributed by atoms with Crippen LogP contribution in [0.2, 0.25) is 0 Å². The first-order valence-electron chi connectivity index (χ1n) is 6.95. The fraction of sp³-hybridized carbons (Fsp3) is 0.176. The molecule has 4 nitrogen and oxygen atoms in total. The van der Waals surface area contributed by atoms with Crippen molar-refractivity contribution in [1.82, 2.24) is 9.80 Å². The molecule has 2 aromatic carbocycles. The van der Waals surface area contributed by atoms with Crippen molar-refractivity contribution in [1.29, 1.82) is 0 Å². The number of nitrogens with zero attached hydrogens (tertiary/aromatic N) is 2. The monoisotopic (exact) mass is 458 g/mol. The zero-order chi connectivity index (χ0) is 17.0. The summed E-state index contributed by atoms with van der Waals surface area (Å²) < 4.78 is 0. The summed E-state index contributed by atoms with van der Waals surface area (Å²) >= 11 is 12.3. The SMILES string of the molecule is CC(=O)O.CN1[CH-]N(Cc2ccc3ccccc3c2)C(Cl)=C1Cl.[Ag+]. The molecule has 0 aromatic heterocycles. The number of benzene rings is 2. The van der Waals surface area contributed by atoms with E-state index >= 15 is 0 Å². The summed E-state index contributed by atoms with van der Waals surface area (Å²) in [7, 11) is 1.88. The maximum absolute atomic E-state index is 9.00. The molecule has 132 valence electrons. The Kier molecular flexibility index (Phi) is 8.13. The predicted molar refractivity (Wildman–Crippen MR) is 93.6 cm³/mol. The van der Waals surface area contributed by atoms with Gasteiger partial charge in [0.2, 0.25) is 0 Å². The molecule has 0 fully saturated rings. The Morgan fingerprint density at radius 3 is 2.25 bits per heavy atom. The second-order valence-corrected chi connectivity index (χ2v) is 5.85. The summed E-state index contributed by atoms with van der Waals surface area (Å²) in [5.41, 5.74) is 1.20. The van der Waals surface area contributed by atoms with Crippen molar-refractivity contribution >= 4 is 39.9 Å². The minimum absolute atomic E-state index is 0. The number of fused-ring (bicyclic) bond motifs is 1. The van der Waals surface area contributed by atoms with Gasteiger partial charge in [0.05, 0.1) is 0 Å². The molecule has 0 radical (unpaired) electrons. The van der Waals surface area contributed by atoms with Crippen LogP contribution in [0.4, 0.5) is 0 Å². The molecule has 3 rings (SSSR count). The Morgan fingerprint density at radius 1 is 1.12 bits per heavy atom. The van der Waals surface area contributed by atoms with Gasteiger partial charge in [-0.05, 0) is 29.4 Å². The third-order valence-electron chi connectivity index (χ3n) is 3.21. The number of halogens is 2. The molecule has 1 heterocycles. The second-order valence-electron chi connectivity index (χ2n) is 5.14. The molecule has 0 saturated heterocycles. The zero-order valence-electron chi connectivity index (χ0n) is 13.1. The van der Waals surface area contributed by atoms with Crippen LogP contribution < -0.4 is 0 Å². The second kappa shape index (κ2) is 9.35. The Morgan fingerprint density at radius 2 is 1.71 bits per heavy atom. The van der Waals surface area contributed by atoms with Crippen LogP contribution in [0.1, 0.15) is 12.5 Å². The minimum Gasteiger partial charge on any atom is -0.494 e. The Bertz CT molecular complexity index is 748. The van der Waals surface area contributed by atoms with Crippen LogP contribution in [-0.2, 0) is 33.7 Å². The van der Waals surface area contributed by atoms with E-state index in [0.717, 1.165) is 6.92 Å². The quantitative estimate of drug-likeness (QED) is 0.410. The third kappa shape index (κ3) is 5.43. The van der Waals surface area contributed by atoms with Gasteiger partial charge in [-0.3, -0.25) is 4.79 Å². The molecular formula is C17H17AgCl2N2O2.